The van der Waals surface area contributed by atoms with Gasteiger partial charge in [-0.3, -0.25) is 14.2 Å². The Labute approximate surface area is 161 Å². The molecule has 5 nitrogen and oxygen atoms in total. The molecule has 0 spiro atoms. The molecule has 6 heteroatoms. The highest BCUT2D eigenvalue weighted by molar-refractivity contribution is 7.99. The number of benzene rings is 2. The molecule has 3 aromatic rings. The minimum Gasteiger partial charge on any atom is -0.469 e. The third-order valence-electron chi connectivity index (χ3n) is 4.01. The van der Waals surface area contributed by atoms with Crippen LogP contribution < -0.4 is 5.56 Å². The Kier molecular flexibility index (Phi) is 6.44. The summed E-state index contributed by atoms with van der Waals surface area (Å²) >= 11 is 1.47. The fourth-order valence-electron chi connectivity index (χ4n) is 2.63. The highest BCUT2D eigenvalue weighted by atomic mass is 32.2. The molecule has 0 aliphatic heterocycles. The molecule has 0 saturated carbocycles. The van der Waals surface area contributed by atoms with E-state index < -0.39 is 0 Å². The van der Waals surface area contributed by atoms with Crippen LogP contribution in [0.2, 0.25) is 0 Å². The molecule has 0 amide bonds. The van der Waals surface area contributed by atoms with Crippen molar-refractivity contribution >= 4 is 34.7 Å². The van der Waals surface area contributed by atoms with E-state index in [1.807, 2.05) is 60.7 Å². The number of hydrogen-bond acceptors (Lipinski definition) is 5. The topological polar surface area (TPSA) is 61.2 Å². The van der Waals surface area contributed by atoms with Crippen molar-refractivity contribution in [3.05, 3.63) is 76.6 Å². The largest absolute Gasteiger partial charge is 0.469 e. The average molecular weight is 380 g/mol. The van der Waals surface area contributed by atoms with Crippen LogP contribution >= 0.6 is 11.8 Å². The number of thioether (sulfide) groups is 1. The number of fused-ring (bicyclic) bond motifs is 1. The standard InChI is InChI=1S/C21H20N2O3S/c1-26-19(24)13-14-23-20(25)17-11-5-6-12-18(17)22-21(23)27-15-7-10-16-8-3-2-4-9-16/h2-12H,13-15H2,1H3/b10-7+. The Bertz CT molecular complexity index is 1010. The molecule has 0 N–H and O–H groups in total. The van der Waals surface area contributed by atoms with Gasteiger partial charge in [-0.15, -0.1) is 0 Å². The van der Waals surface area contributed by atoms with Gasteiger partial charge in [0.15, 0.2) is 5.16 Å². The maximum atomic E-state index is 12.8. The molecule has 1 aromatic heterocycles. The van der Waals surface area contributed by atoms with Gasteiger partial charge >= 0.3 is 5.97 Å². The Morgan fingerprint density at radius 1 is 1.15 bits per heavy atom. The number of esters is 1. The van der Waals surface area contributed by atoms with Gasteiger partial charge in [-0.1, -0.05) is 66.4 Å². The van der Waals surface area contributed by atoms with Gasteiger partial charge in [0.1, 0.15) is 0 Å². The van der Waals surface area contributed by atoms with E-state index in [2.05, 4.69) is 4.98 Å². The van der Waals surface area contributed by atoms with Gasteiger partial charge in [-0.2, -0.15) is 0 Å². The van der Waals surface area contributed by atoms with Gasteiger partial charge in [0.25, 0.3) is 5.56 Å². The van der Waals surface area contributed by atoms with Crippen molar-refractivity contribution < 1.29 is 9.53 Å². The molecular weight excluding hydrogens is 360 g/mol. The summed E-state index contributed by atoms with van der Waals surface area (Å²) < 4.78 is 6.25. The minimum absolute atomic E-state index is 0.129. The average Bonchev–Trinajstić information content (AvgIpc) is 2.71. The summed E-state index contributed by atoms with van der Waals surface area (Å²) in [6, 6.07) is 17.3. The first kappa shape index (κ1) is 18.9. The van der Waals surface area contributed by atoms with E-state index >= 15 is 0 Å². The van der Waals surface area contributed by atoms with Crippen LogP contribution in [0.25, 0.3) is 17.0 Å². The maximum Gasteiger partial charge on any atom is 0.307 e. The number of methoxy groups -OCH3 is 1. The maximum absolute atomic E-state index is 12.8. The molecule has 0 bridgehead atoms. The summed E-state index contributed by atoms with van der Waals surface area (Å²) in [4.78, 5) is 29.0. The van der Waals surface area contributed by atoms with Crippen LogP contribution in [0.3, 0.4) is 0 Å². The summed E-state index contributed by atoms with van der Waals surface area (Å²) in [7, 11) is 1.34. The first-order chi connectivity index (χ1) is 13.2. The van der Waals surface area contributed by atoms with E-state index in [1.54, 1.807) is 10.6 Å². The summed E-state index contributed by atoms with van der Waals surface area (Å²) in [6.45, 7) is 0.244. The molecule has 0 aliphatic rings. The Morgan fingerprint density at radius 2 is 1.89 bits per heavy atom. The van der Waals surface area contributed by atoms with E-state index in [0.717, 1.165) is 5.56 Å². The number of carbonyl (C=O) groups is 1. The zero-order valence-electron chi connectivity index (χ0n) is 15.0. The van der Waals surface area contributed by atoms with Crippen LogP contribution in [0, 0.1) is 0 Å². The molecule has 0 saturated heterocycles. The fourth-order valence-corrected chi connectivity index (χ4v) is 3.47. The Balaban J connectivity index is 1.84. The molecule has 27 heavy (non-hydrogen) atoms. The van der Waals surface area contributed by atoms with Crippen LogP contribution in [0.4, 0.5) is 0 Å². The smallest absolute Gasteiger partial charge is 0.307 e. The normalized spacial score (nSPS) is 11.1. The van der Waals surface area contributed by atoms with Crippen LogP contribution in [0.5, 0.6) is 0 Å². The molecule has 138 valence electrons. The lowest BCUT2D eigenvalue weighted by atomic mass is 10.2. The first-order valence-corrected chi connectivity index (χ1v) is 9.58. The minimum atomic E-state index is -0.352. The lowest BCUT2D eigenvalue weighted by molar-refractivity contribution is -0.140. The molecule has 0 radical (unpaired) electrons. The monoisotopic (exact) mass is 380 g/mol. The molecule has 0 fully saturated rings. The fraction of sp³-hybridized carbons (Fsp3) is 0.190. The quantitative estimate of drug-likeness (QED) is 0.355. The molecular formula is C21H20N2O3S. The Hall–Kier alpha value is -2.86. The van der Waals surface area contributed by atoms with Crippen molar-refractivity contribution in [2.45, 2.75) is 18.1 Å². The summed E-state index contributed by atoms with van der Waals surface area (Å²) in [6.07, 6.45) is 4.20. The lowest BCUT2D eigenvalue weighted by Crippen LogP contribution is -2.24. The highest BCUT2D eigenvalue weighted by Crippen LogP contribution is 2.19. The number of rotatable bonds is 7. The van der Waals surface area contributed by atoms with Crippen LogP contribution in [0.1, 0.15) is 12.0 Å². The lowest BCUT2D eigenvalue weighted by Gasteiger charge is -2.12. The summed E-state index contributed by atoms with van der Waals surface area (Å²) in [5, 5.41) is 1.15. The molecule has 0 aliphatic carbocycles. The van der Waals surface area contributed by atoms with E-state index in [4.69, 9.17) is 4.74 Å². The Morgan fingerprint density at radius 3 is 2.67 bits per heavy atom. The number of aromatic nitrogens is 2. The van der Waals surface area contributed by atoms with Crippen LogP contribution in [-0.4, -0.2) is 28.4 Å². The van der Waals surface area contributed by atoms with Crippen molar-refractivity contribution in [3.8, 4) is 0 Å². The van der Waals surface area contributed by atoms with Crippen molar-refractivity contribution in [1.82, 2.24) is 9.55 Å². The zero-order chi connectivity index (χ0) is 19.1. The predicted octanol–water partition coefficient (Wildman–Crippen LogP) is 3.77. The third-order valence-corrected chi connectivity index (χ3v) is 4.94. The van der Waals surface area contributed by atoms with Gasteiger partial charge in [0.2, 0.25) is 0 Å². The van der Waals surface area contributed by atoms with E-state index in [1.165, 1.54) is 18.9 Å². The molecule has 1 heterocycles. The second-order valence-corrected chi connectivity index (χ2v) is 6.81. The molecule has 3 rings (SSSR count). The van der Waals surface area contributed by atoms with Gasteiger partial charge in [-0.05, 0) is 17.7 Å². The number of nitrogens with zero attached hydrogens (tertiary/aromatic N) is 2. The highest BCUT2D eigenvalue weighted by Gasteiger charge is 2.12. The SMILES string of the molecule is COC(=O)CCn1c(SC/C=C/c2ccccc2)nc2ccccc2c1=O. The summed E-state index contributed by atoms with van der Waals surface area (Å²) in [5.74, 6) is 0.313. The third kappa shape index (κ3) is 4.86. The van der Waals surface area contributed by atoms with E-state index in [-0.39, 0.29) is 24.5 Å². The number of carbonyl (C=O) groups excluding carboxylic acids is 1. The van der Waals surface area contributed by atoms with Gasteiger partial charge < -0.3 is 4.74 Å². The van der Waals surface area contributed by atoms with Crippen molar-refractivity contribution in [2.24, 2.45) is 0 Å². The predicted molar refractivity (Wildman–Crippen MR) is 109 cm³/mol. The van der Waals surface area contributed by atoms with Gasteiger partial charge in [0.05, 0.1) is 24.4 Å². The first-order valence-electron chi connectivity index (χ1n) is 8.60. The van der Waals surface area contributed by atoms with Crippen LogP contribution in [0.15, 0.2) is 70.6 Å². The number of ether oxygens (including phenoxy) is 1. The van der Waals surface area contributed by atoms with Gasteiger partial charge in [0, 0.05) is 12.3 Å². The summed E-state index contributed by atoms with van der Waals surface area (Å²) in [5.41, 5.74) is 1.64. The van der Waals surface area contributed by atoms with Crippen molar-refractivity contribution in [3.63, 3.8) is 0 Å². The second-order valence-electron chi connectivity index (χ2n) is 5.82. The zero-order valence-corrected chi connectivity index (χ0v) is 15.8. The molecule has 0 unspecified atom stereocenters. The van der Waals surface area contributed by atoms with Crippen LogP contribution in [-0.2, 0) is 16.1 Å². The second kappa shape index (κ2) is 9.19. The van der Waals surface area contributed by atoms with Crippen molar-refractivity contribution in [1.29, 1.82) is 0 Å². The number of para-hydroxylation sites is 1. The van der Waals surface area contributed by atoms with Gasteiger partial charge in [-0.25, -0.2) is 4.98 Å². The molecule has 0 atom stereocenters. The number of hydrogen-bond donors (Lipinski definition) is 0. The van der Waals surface area contributed by atoms with Crippen molar-refractivity contribution in [2.75, 3.05) is 12.9 Å². The van der Waals surface area contributed by atoms with E-state index in [9.17, 15) is 9.59 Å². The van der Waals surface area contributed by atoms with E-state index in [0.29, 0.717) is 21.8 Å². The molecule has 2 aromatic carbocycles.